The smallest absolute Gasteiger partial charge is 0.0632 e. The molecular weight excluding hydrogens is 542 g/mol. The van der Waals surface area contributed by atoms with E-state index in [1.807, 2.05) is 50.2 Å². The van der Waals surface area contributed by atoms with E-state index in [0.717, 1.165) is 33.8 Å². The third-order valence-electron chi connectivity index (χ3n) is 9.89. The largest absolute Gasteiger partial charge is 0.310 e. The summed E-state index contributed by atoms with van der Waals surface area (Å²) in [5.74, 6) is 0. The van der Waals surface area contributed by atoms with Gasteiger partial charge in [0.25, 0.3) is 0 Å². The summed E-state index contributed by atoms with van der Waals surface area (Å²) in [7, 11) is 0. The Bertz CT molecular complexity index is 2440. The predicted octanol–water partition coefficient (Wildman–Crippen LogP) is 12.1. The number of anilines is 3. The molecule has 0 unspecified atom stereocenters. The molecule has 0 bridgehead atoms. The molecule has 1 nitrogen and oxygen atoms in total. The summed E-state index contributed by atoms with van der Waals surface area (Å²) in [6, 6.07) is 38.9. The van der Waals surface area contributed by atoms with Gasteiger partial charge in [0.15, 0.2) is 0 Å². The highest BCUT2D eigenvalue weighted by Crippen LogP contribution is 2.53. The van der Waals surface area contributed by atoms with Crippen molar-refractivity contribution < 1.29 is 11.0 Å². The standard InChI is InChI=1S/C44H39N/c1-28-24-37-38-26-33(21-23-40(38)44(5,6)41(37)25-29(28)2)45(32-18-16-31(17-19-32)30-12-8-7-9-13-30)34-20-22-36-35-14-10-11-15-39(35)43(3,4)42(36)27-34/h7-27H,1-6H3/i1D3,2D3,24D,25D. The van der Waals surface area contributed by atoms with Gasteiger partial charge in [-0.05, 0) is 117 Å². The second-order valence-corrected chi connectivity index (χ2v) is 13.3. The molecule has 0 saturated carbocycles. The molecule has 0 N–H and O–H groups in total. The topological polar surface area (TPSA) is 3.24 Å². The summed E-state index contributed by atoms with van der Waals surface area (Å²) in [6.45, 7) is 2.53. The first-order valence-corrected chi connectivity index (χ1v) is 15.5. The molecule has 0 saturated heterocycles. The summed E-state index contributed by atoms with van der Waals surface area (Å²) in [4.78, 5) is 2.17. The number of benzene rings is 6. The third kappa shape index (κ3) is 4.14. The van der Waals surface area contributed by atoms with E-state index in [-0.39, 0.29) is 17.5 Å². The van der Waals surface area contributed by atoms with Gasteiger partial charge in [0.1, 0.15) is 0 Å². The lowest BCUT2D eigenvalue weighted by Gasteiger charge is -2.29. The van der Waals surface area contributed by atoms with Gasteiger partial charge in [0.2, 0.25) is 0 Å². The molecular formula is C44H39N. The van der Waals surface area contributed by atoms with Crippen molar-refractivity contribution in [3.8, 4) is 33.4 Å². The van der Waals surface area contributed by atoms with Gasteiger partial charge >= 0.3 is 0 Å². The molecule has 45 heavy (non-hydrogen) atoms. The predicted molar refractivity (Wildman–Crippen MR) is 191 cm³/mol. The lowest BCUT2D eigenvalue weighted by atomic mass is 9.81. The highest BCUT2D eigenvalue weighted by Gasteiger charge is 2.38. The second-order valence-electron chi connectivity index (χ2n) is 13.3. The summed E-state index contributed by atoms with van der Waals surface area (Å²) in [6.07, 6.45) is 0. The number of fused-ring (bicyclic) bond motifs is 6. The van der Waals surface area contributed by atoms with Crippen LogP contribution in [-0.2, 0) is 10.8 Å². The van der Waals surface area contributed by atoms with Gasteiger partial charge in [0, 0.05) is 36.1 Å². The van der Waals surface area contributed by atoms with E-state index in [1.54, 1.807) is 0 Å². The zero-order valence-corrected chi connectivity index (χ0v) is 25.9. The molecule has 220 valence electrons. The molecule has 0 amide bonds. The van der Waals surface area contributed by atoms with Crippen molar-refractivity contribution in [2.75, 3.05) is 4.90 Å². The fourth-order valence-corrected chi connectivity index (χ4v) is 7.44. The maximum Gasteiger partial charge on any atom is 0.0632 e. The fourth-order valence-electron chi connectivity index (χ4n) is 7.44. The highest BCUT2D eigenvalue weighted by atomic mass is 15.1. The first-order chi connectivity index (χ1) is 24.9. The Morgan fingerprint density at radius 2 is 1.04 bits per heavy atom. The SMILES string of the molecule is [2H]c1c2c(c([2H])c(C([2H])([2H])[2H])c1C([2H])([2H])[2H])C(C)(C)c1ccc(N(c3ccc(-c4ccccc4)cc3)c3ccc4c(c3)C(C)(C)c3ccccc3-4)cc1-2. The van der Waals surface area contributed by atoms with Crippen LogP contribution in [0.5, 0.6) is 0 Å². The summed E-state index contributed by atoms with van der Waals surface area (Å²) < 4.78 is 68.1. The molecule has 0 radical (unpaired) electrons. The van der Waals surface area contributed by atoms with Crippen molar-refractivity contribution >= 4 is 17.1 Å². The number of hydrogen-bond donors (Lipinski definition) is 0. The van der Waals surface area contributed by atoms with Crippen molar-refractivity contribution in [2.45, 2.75) is 52.2 Å². The molecule has 1 heteroatoms. The molecule has 8 rings (SSSR count). The van der Waals surface area contributed by atoms with Crippen LogP contribution in [0.3, 0.4) is 0 Å². The van der Waals surface area contributed by atoms with Gasteiger partial charge in [-0.15, -0.1) is 0 Å². The van der Waals surface area contributed by atoms with E-state index >= 15 is 0 Å². The molecule has 0 spiro atoms. The van der Waals surface area contributed by atoms with Gasteiger partial charge in [0.05, 0.1) is 2.74 Å². The van der Waals surface area contributed by atoms with E-state index < -0.39 is 30.2 Å². The minimum Gasteiger partial charge on any atom is -0.310 e. The molecule has 0 fully saturated rings. The zero-order chi connectivity index (χ0) is 37.8. The summed E-state index contributed by atoms with van der Waals surface area (Å²) >= 11 is 0. The third-order valence-corrected chi connectivity index (χ3v) is 9.89. The minimum absolute atomic E-state index is 0.234. The normalized spacial score (nSPS) is 18.0. The molecule has 0 heterocycles. The minimum atomic E-state index is -2.91. The lowest BCUT2D eigenvalue weighted by Crippen LogP contribution is -2.17. The van der Waals surface area contributed by atoms with Crippen molar-refractivity contribution in [2.24, 2.45) is 0 Å². The molecule has 0 atom stereocenters. The van der Waals surface area contributed by atoms with Gasteiger partial charge in [-0.25, -0.2) is 0 Å². The monoisotopic (exact) mass is 589 g/mol. The van der Waals surface area contributed by atoms with Crippen LogP contribution in [0.1, 0.15) is 72.0 Å². The van der Waals surface area contributed by atoms with Gasteiger partial charge in [-0.3, -0.25) is 0 Å². The maximum atomic E-state index is 9.30. The van der Waals surface area contributed by atoms with Crippen LogP contribution < -0.4 is 4.90 Å². The van der Waals surface area contributed by atoms with E-state index in [9.17, 15) is 2.74 Å². The summed E-state index contributed by atoms with van der Waals surface area (Å²) in [5.41, 5.74) is 9.59. The van der Waals surface area contributed by atoms with Crippen LogP contribution in [0.25, 0.3) is 33.4 Å². The van der Waals surface area contributed by atoms with Crippen LogP contribution in [0.15, 0.2) is 127 Å². The average Bonchev–Trinajstić information content (AvgIpc) is 3.49. The van der Waals surface area contributed by atoms with E-state index in [0.29, 0.717) is 16.7 Å². The van der Waals surface area contributed by atoms with Crippen LogP contribution in [0, 0.1) is 13.7 Å². The van der Waals surface area contributed by atoms with E-state index in [1.165, 1.54) is 22.3 Å². The van der Waals surface area contributed by atoms with Crippen molar-refractivity contribution in [3.63, 3.8) is 0 Å². The number of hydrogen-bond acceptors (Lipinski definition) is 1. The Kier molecular flexibility index (Phi) is 4.41. The Hall–Kier alpha value is -4.88. The second kappa shape index (κ2) is 9.81. The average molecular weight is 590 g/mol. The molecule has 0 aromatic heterocycles. The number of nitrogens with zero attached hydrogens (tertiary/aromatic N) is 1. The first-order valence-electron chi connectivity index (χ1n) is 19.5. The Balaban J connectivity index is 1.36. The Morgan fingerprint density at radius 3 is 1.82 bits per heavy atom. The summed E-state index contributed by atoms with van der Waals surface area (Å²) in [5, 5.41) is 0. The first kappa shape index (κ1) is 20.2. The van der Waals surface area contributed by atoms with Crippen molar-refractivity contribution in [3.05, 3.63) is 161 Å². The van der Waals surface area contributed by atoms with Crippen molar-refractivity contribution in [1.82, 2.24) is 0 Å². The van der Waals surface area contributed by atoms with Gasteiger partial charge in [-0.2, -0.15) is 0 Å². The molecule has 6 aromatic rings. The molecule has 6 aromatic carbocycles. The van der Waals surface area contributed by atoms with E-state index in [4.69, 9.17) is 8.22 Å². The molecule has 2 aliphatic carbocycles. The van der Waals surface area contributed by atoms with Crippen LogP contribution in [0.2, 0.25) is 0 Å². The van der Waals surface area contributed by atoms with Gasteiger partial charge < -0.3 is 4.90 Å². The fraction of sp³-hybridized carbons (Fsp3) is 0.182. The maximum absolute atomic E-state index is 9.30. The van der Waals surface area contributed by atoms with Crippen LogP contribution in [0.4, 0.5) is 17.1 Å². The lowest BCUT2D eigenvalue weighted by molar-refractivity contribution is 0.659. The molecule has 0 aliphatic heterocycles. The van der Waals surface area contributed by atoms with Crippen LogP contribution >= 0.6 is 0 Å². The highest BCUT2D eigenvalue weighted by molar-refractivity contribution is 5.89. The molecule has 2 aliphatic rings. The zero-order valence-electron chi connectivity index (χ0n) is 33.9. The van der Waals surface area contributed by atoms with E-state index in [2.05, 4.69) is 97.6 Å². The number of rotatable bonds is 4. The van der Waals surface area contributed by atoms with Crippen LogP contribution in [-0.4, -0.2) is 0 Å². The Morgan fingerprint density at radius 1 is 0.467 bits per heavy atom. The quantitative estimate of drug-likeness (QED) is 0.198. The Labute approximate surface area is 279 Å². The van der Waals surface area contributed by atoms with Gasteiger partial charge in [-0.1, -0.05) is 119 Å². The van der Waals surface area contributed by atoms with Crippen molar-refractivity contribution in [1.29, 1.82) is 0 Å².